The molecule has 2 aromatic carbocycles. The minimum Gasteiger partial charge on any atom is -0.493 e. The molecule has 4 aromatic rings. The Morgan fingerprint density at radius 3 is 2.72 bits per heavy atom. The van der Waals surface area contributed by atoms with Gasteiger partial charge in [-0.05, 0) is 56.6 Å². The largest absolute Gasteiger partial charge is 0.493 e. The van der Waals surface area contributed by atoms with E-state index in [1.807, 2.05) is 0 Å². The van der Waals surface area contributed by atoms with Crippen LogP contribution in [0.15, 0.2) is 62.5 Å². The minimum absolute atomic E-state index is 0. The molecule has 0 aliphatic carbocycles. The van der Waals surface area contributed by atoms with E-state index in [4.69, 9.17) is 13.7 Å². The Labute approximate surface area is 190 Å². The summed E-state index contributed by atoms with van der Waals surface area (Å²) in [6.45, 7) is 3.53. The Bertz CT molecular complexity index is 1260. The lowest BCUT2D eigenvalue weighted by Crippen LogP contribution is -2.34. The van der Waals surface area contributed by atoms with Gasteiger partial charge >= 0.3 is 0 Å². The van der Waals surface area contributed by atoms with Gasteiger partial charge in [0.1, 0.15) is 17.1 Å². The highest BCUT2D eigenvalue weighted by atomic mass is 35.5. The zero-order chi connectivity index (χ0) is 21.2. The average molecular weight is 459 g/mol. The second-order valence-corrected chi connectivity index (χ2v) is 7.97. The van der Waals surface area contributed by atoms with Crippen molar-refractivity contribution in [1.82, 2.24) is 10.1 Å². The molecule has 0 saturated carbocycles. The molecule has 2 aromatic heterocycles. The minimum atomic E-state index is -0.305. The Kier molecular flexibility index (Phi) is 6.77. The van der Waals surface area contributed by atoms with Crippen molar-refractivity contribution in [2.45, 2.75) is 25.2 Å². The maximum absolute atomic E-state index is 13.4. The summed E-state index contributed by atoms with van der Waals surface area (Å²) in [7, 11) is 0. The van der Waals surface area contributed by atoms with Gasteiger partial charge in [-0.15, -0.1) is 12.4 Å². The molecule has 1 aliphatic rings. The van der Waals surface area contributed by atoms with Crippen LogP contribution in [0.2, 0.25) is 0 Å². The molecule has 0 spiro atoms. The molecule has 1 fully saturated rings. The zero-order valence-corrected chi connectivity index (χ0v) is 18.3. The molecular formula is C24H24ClFN2O4. The number of hydrogen-bond donors (Lipinski definition) is 0. The van der Waals surface area contributed by atoms with Gasteiger partial charge in [0, 0.05) is 36.0 Å². The lowest BCUT2D eigenvalue weighted by Gasteiger charge is -2.31. The van der Waals surface area contributed by atoms with E-state index >= 15 is 0 Å². The fourth-order valence-corrected chi connectivity index (χ4v) is 4.29. The summed E-state index contributed by atoms with van der Waals surface area (Å²) < 4.78 is 29.9. The van der Waals surface area contributed by atoms with Crippen LogP contribution in [-0.2, 0) is 0 Å². The van der Waals surface area contributed by atoms with Crippen LogP contribution >= 0.6 is 12.4 Å². The second kappa shape index (κ2) is 9.71. The molecule has 6 nitrogen and oxygen atoms in total. The molecule has 0 atom stereocenters. The number of hydrogen-bond acceptors (Lipinski definition) is 6. The predicted octanol–water partition coefficient (Wildman–Crippen LogP) is 5.14. The number of benzene rings is 2. The average Bonchev–Trinajstić information content (AvgIpc) is 3.20. The monoisotopic (exact) mass is 458 g/mol. The van der Waals surface area contributed by atoms with E-state index in [1.165, 1.54) is 24.5 Å². The summed E-state index contributed by atoms with van der Waals surface area (Å²) in [6.07, 6.45) is 4.32. The fourth-order valence-electron chi connectivity index (χ4n) is 4.29. The Morgan fingerprint density at radius 2 is 1.88 bits per heavy atom. The lowest BCUT2D eigenvalue weighted by atomic mass is 9.91. The van der Waals surface area contributed by atoms with Crippen LogP contribution in [0.4, 0.5) is 4.39 Å². The highest BCUT2D eigenvalue weighted by Gasteiger charge is 2.25. The molecule has 32 heavy (non-hydrogen) atoms. The van der Waals surface area contributed by atoms with Crippen LogP contribution in [-0.4, -0.2) is 36.3 Å². The van der Waals surface area contributed by atoms with Crippen LogP contribution in [0.3, 0.4) is 0 Å². The summed E-state index contributed by atoms with van der Waals surface area (Å²) in [5, 5.41) is 5.69. The van der Waals surface area contributed by atoms with Gasteiger partial charge in [0.15, 0.2) is 11.0 Å². The highest BCUT2D eigenvalue weighted by molar-refractivity contribution is 5.85. The normalized spacial score (nSPS) is 15.2. The Morgan fingerprint density at radius 1 is 1.06 bits per heavy atom. The van der Waals surface area contributed by atoms with Crippen molar-refractivity contribution in [3.63, 3.8) is 0 Å². The third-order valence-corrected chi connectivity index (χ3v) is 5.96. The van der Waals surface area contributed by atoms with Crippen LogP contribution in [0.1, 0.15) is 30.9 Å². The molecule has 0 N–H and O–H groups in total. The highest BCUT2D eigenvalue weighted by Crippen LogP contribution is 2.32. The predicted molar refractivity (Wildman–Crippen MR) is 122 cm³/mol. The van der Waals surface area contributed by atoms with E-state index < -0.39 is 0 Å². The standard InChI is InChI=1S/C24H23FN2O4.ClH/c25-17-2-4-20-23(14-17)31-26-24(20)16-6-10-27(11-7-16)9-1-12-29-18-3-5-19-21(28)8-13-30-22(19)15-18;/h2-5,8,13-16H,1,6-7,9-12H2;1H. The third kappa shape index (κ3) is 4.64. The van der Waals surface area contributed by atoms with E-state index in [1.54, 1.807) is 24.3 Å². The van der Waals surface area contributed by atoms with E-state index in [0.717, 1.165) is 50.0 Å². The van der Waals surface area contributed by atoms with E-state index in [9.17, 15) is 9.18 Å². The van der Waals surface area contributed by atoms with Crippen LogP contribution in [0.25, 0.3) is 21.9 Å². The number of halogens is 2. The second-order valence-electron chi connectivity index (χ2n) is 7.97. The maximum atomic E-state index is 13.4. The number of rotatable bonds is 6. The molecule has 0 amide bonds. The van der Waals surface area contributed by atoms with Gasteiger partial charge < -0.3 is 18.6 Å². The van der Waals surface area contributed by atoms with Crippen LogP contribution in [0.5, 0.6) is 5.75 Å². The first-order valence-corrected chi connectivity index (χ1v) is 10.6. The first-order valence-electron chi connectivity index (χ1n) is 10.6. The third-order valence-electron chi connectivity index (χ3n) is 5.96. The van der Waals surface area contributed by atoms with Crippen molar-refractivity contribution in [2.75, 3.05) is 26.2 Å². The molecule has 1 saturated heterocycles. The van der Waals surface area contributed by atoms with Gasteiger partial charge in [-0.1, -0.05) is 5.16 Å². The SMILES string of the molecule is Cl.O=c1ccoc2cc(OCCCN3CCC(c4noc5cc(F)ccc45)CC3)ccc12. The number of likely N-dealkylation sites (tertiary alicyclic amines) is 1. The van der Waals surface area contributed by atoms with Crippen molar-refractivity contribution in [1.29, 1.82) is 0 Å². The summed E-state index contributed by atoms with van der Waals surface area (Å²) in [5.41, 5.74) is 1.95. The van der Waals surface area contributed by atoms with Gasteiger partial charge in [-0.3, -0.25) is 4.79 Å². The number of ether oxygens (including phenoxy) is 1. The van der Waals surface area contributed by atoms with E-state index in [0.29, 0.717) is 34.8 Å². The number of nitrogens with zero attached hydrogens (tertiary/aromatic N) is 2. The lowest BCUT2D eigenvalue weighted by molar-refractivity contribution is 0.191. The van der Waals surface area contributed by atoms with Gasteiger partial charge in [0.2, 0.25) is 0 Å². The molecule has 0 radical (unpaired) electrons. The van der Waals surface area contributed by atoms with Crippen molar-refractivity contribution in [3.05, 3.63) is 70.5 Å². The first kappa shape index (κ1) is 22.3. The topological polar surface area (TPSA) is 68.7 Å². The Hall–Kier alpha value is -2.90. The number of piperidine rings is 1. The summed E-state index contributed by atoms with van der Waals surface area (Å²) in [5.74, 6) is 0.738. The van der Waals surface area contributed by atoms with Gasteiger partial charge in [0.05, 0.1) is 24.0 Å². The fraction of sp³-hybridized carbons (Fsp3) is 0.333. The Balaban J connectivity index is 0.00000245. The van der Waals surface area contributed by atoms with Gasteiger partial charge in [-0.25, -0.2) is 4.39 Å². The van der Waals surface area contributed by atoms with E-state index in [-0.39, 0.29) is 23.7 Å². The van der Waals surface area contributed by atoms with Crippen molar-refractivity contribution >= 4 is 34.3 Å². The van der Waals surface area contributed by atoms with Crippen molar-refractivity contribution in [3.8, 4) is 5.75 Å². The van der Waals surface area contributed by atoms with Crippen molar-refractivity contribution < 1.29 is 18.1 Å². The van der Waals surface area contributed by atoms with Crippen molar-refractivity contribution in [2.24, 2.45) is 0 Å². The molecule has 3 heterocycles. The number of aromatic nitrogens is 1. The summed E-state index contributed by atoms with van der Waals surface area (Å²) in [6, 6.07) is 11.3. The smallest absolute Gasteiger partial charge is 0.192 e. The molecule has 1 aliphatic heterocycles. The molecule has 0 unspecified atom stereocenters. The molecule has 5 rings (SSSR count). The van der Waals surface area contributed by atoms with Gasteiger partial charge in [-0.2, -0.15) is 0 Å². The summed E-state index contributed by atoms with van der Waals surface area (Å²) in [4.78, 5) is 14.2. The zero-order valence-electron chi connectivity index (χ0n) is 17.5. The number of fused-ring (bicyclic) bond motifs is 2. The van der Waals surface area contributed by atoms with Crippen LogP contribution in [0, 0.1) is 5.82 Å². The molecular weight excluding hydrogens is 435 g/mol. The quantitative estimate of drug-likeness (QED) is 0.372. The van der Waals surface area contributed by atoms with E-state index in [2.05, 4.69) is 10.1 Å². The molecule has 168 valence electrons. The first-order chi connectivity index (χ1) is 15.2. The molecule has 8 heteroatoms. The summed E-state index contributed by atoms with van der Waals surface area (Å²) >= 11 is 0. The van der Waals surface area contributed by atoms with Gasteiger partial charge in [0.25, 0.3) is 0 Å². The van der Waals surface area contributed by atoms with Crippen LogP contribution < -0.4 is 10.2 Å². The maximum Gasteiger partial charge on any atom is 0.192 e. The molecule has 0 bridgehead atoms.